The molecule has 23 heavy (non-hydrogen) atoms. The summed E-state index contributed by atoms with van der Waals surface area (Å²) in [4.78, 5) is 15.5. The molecule has 0 saturated heterocycles. The number of aromatic nitrogens is 2. The highest BCUT2D eigenvalue weighted by molar-refractivity contribution is 9.10. The van der Waals surface area contributed by atoms with E-state index in [1.165, 1.54) is 10.9 Å². The lowest BCUT2D eigenvalue weighted by molar-refractivity contribution is 0.112. The van der Waals surface area contributed by atoms with Gasteiger partial charge in [-0.05, 0) is 43.3 Å². The molecule has 4 aromatic rings. The Kier molecular flexibility index (Phi) is 3.39. The summed E-state index contributed by atoms with van der Waals surface area (Å²) in [6.45, 7) is 3.00. The summed E-state index contributed by atoms with van der Waals surface area (Å²) >= 11 is 9.62. The molecule has 3 nitrogen and oxygen atoms in total. The van der Waals surface area contributed by atoms with Gasteiger partial charge in [-0.25, -0.2) is 4.98 Å². The van der Waals surface area contributed by atoms with Gasteiger partial charge in [0.2, 0.25) is 0 Å². The highest BCUT2D eigenvalue weighted by atomic mass is 79.9. The van der Waals surface area contributed by atoms with Gasteiger partial charge in [-0.15, -0.1) is 0 Å². The third-order valence-corrected chi connectivity index (χ3v) is 4.98. The minimum absolute atomic E-state index is 0.243. The first-order valence-corrected chi connectivity index (χ1v) is 8.46. The SMILES string of the molecule is CCn1c2ccc(Br)cc2c2cc3nc(Cl)c(C=O)cc3cc21. The van der Waals surface area contributed by atoms with Crippen molar-refractivity contribution in [3.8, 4) is 0 Å². The lowest BCUT2D eigenvalue weighted by Gasteiger charge is -2.05. The standard InChI is InChI=1S/C18H12BrClN2O/c1-2-22-16-4-3-12(19)7-13(16)14-8-15-10(6-17(14)22)5-11(9-23)18(20)21-15/h3-9H,2H2,1H3. The van der Waals surface area contributed by atoms with Crippen LogP contribution < -0.4 is 0 Å². The van der Waals surface area contributed by atoms with Gasteiger partial charge in [0.1, 0.15) is 5.15 Å². The molecule has 0 radical (unpaired) electrons. The third kappa shape index (κ3) is 2.17. The molecule has 114 valence electrons. The average molecular weight is 388 g/mol. The molecule has 0 unspecified atom stereocenters. The van der Waals surface area contributed by atoms with Crippen molar-refractivity contribution in [2.24, 2.45) is 0 Å². The van der Waals surface area contributed by atoms with Crippen molar-refractivity contribution in [2.45, 2.75) is 13.5 Å². The van der Waals surface area contributed by atoms with Gasteiger partial charge < -0.3 is 4.57 Å². The molecule has 0 N–H and O–H groups in total. The van der Waals surface area contributed by atoms with Crippen LogP contribution in [0.1, 0.15) is 17.3 Å². The van der Waals surface area contributed by atoms with Gasteiger partial charge in [0.15, 0.2) is 6.29 Å². The summed E-state index contributed by atoms with van der Waals surface area (Å²) in [5, 5.41) is 3.47. The number of halogens is 2. The fraction of sp³-hybridized carbons (Fsp3) is 0.111. The summed E-state index contributed by atoms with van der Waals surface area (Å²) in [6, 6.07) is 12.2. The second-order valence-electron chi connectivity index (χ2n) is 5.45. The lowest BCUT2D eigenvalue weighted by atomic mass is 10.1. The number of aldehydes is 1. The zero-order chi connectivity index (χ0) is 16.1. The Labute approximate surface area is 146 Å². The smallest absolute Gasteiger partial charge is 0.153 e. The molecule has 0 atom stereocenters. The first-order valence-electron chi connectivity index (χ1n) is 7.29. The van der Waals surface area contributed by atoms with Crippen LogP contribution >= 0.6 is 27.5 Å². The minimum atomic E-state index is 0.243. The third-order valence-electron chi connectivity index (χ3n) is 4.19. The van der Waals surface area contributed by atoms with Crippen LogP contribution in [0.4, 0.5) is 0 Å². The molecule has 0 aliphatic rings. The molecule has 2 heterocycles. The lowest BCUT2D eigenvalue weighted by Crippen LogP contribution is -1.93. The Hall–Kier alpha value is -1.91. The second-order valence-corrected chi connectivity index (χ2v) is 6.73. The maximum Gasteiger partial charge on any atom is 0.153 e. The average Bonchev–Trinajstić information content (AvgIpc) is 2.84. The second kappa shape index (κ2) is 5.32. The van der Waals surface area contributed by atoms with E-state index in [2.05, 4.69) is 50.6 Å². The Morgan fingerprint density at radius 3 is 2.70 bits per heavy atom. The van der Waals surface area contributed by atoms with Crippen molar-refractivity contribution in [1.29, 1.82) is 0 Å². The number of pyridine rings is 1. The zero-order valence-corrected chi connectivity index (χ0v) is 14.6. The summed E-state index contributed by atoms with van der Waals surface area (Å²) in [7, 11) is 0. The van der Waals surface area contributed by atoms with Crippen molar-refractivity contribution in [3.05, 3.63) is 51.6 Å². The van der Waals surface area contributed by atoms with Crippen LogP contribution in [0.15, 0.2) is 40.9 Å². The fourth-order valence-corrected chi connectivity index (χ4v) is 3.71. The Morgan fingerprint density at radius 1 is 1.17 bits per heavy atom. The molecule has 0 fully saturated rings. The Morgan fingerprint density at radius 2 is 1.96 bits per heavy atom. The van der Waals surface area contributed by atoms with Gasteiger partial charge in [-0.3, -0.25) is 4.79 Å². The van der Waals surface area contributed by atoms with Crippen molar-refractivity contribution >= 4 is 66.5 Å². The van der Waals surface area contributed by atoms with E-state index in [0.29, 0.717) is 5.56 Å². The van der Waals surface area contributed by atoms with Gasteiger partial charge in [-0.1, -0.05) is 27.5 Å². The molecule has 4 rings (SSSR count). The number of rotatable bonds is 2. The van der Waals surface area contributed by atoms with Gasteiger partial charge in [0, 0.05) is 38.2 Å². The molecule has 0 amide bonds. The summed E-state index contributed by atoms with van der Waals surface area (Å²) in [6.07, 6.45) is 0.742. The van der Waals surface area contributed by atoms with Crippen LogP contribution in [0.2, 0.25) is 5.15 Å². The van der Waals surface area contributed by atoms with E-state index in [1.807, 2.05) is 12.1 Å². The summed E-state index contributed by atoms with van der Waals surface area (Å²) in [5.41, 5.74) is 3.53. The van der Waals surface area contributed by atoms with Crippen LogP contribution in [0, 0.1) is 0 Å². The Bertz CT molecular complexity index is 1100. The molecule has 0 aliphatic carbocycles. The molecular formula is C18H12BrClN2O. The van der Waals surface area contributed by atoms with E-state index in [4.69, 9.17) is 11.6 Å². The molecular weight excluding hydrogens is 376 g/mol. The normalized spacial score (nSPS) is 11.6. The molecule has 2 aromatic heterocycles. The molecule has 2 aromatic carbocycles. The number of carbonyl (C=O) groups excluding carboxylic acids is 1. The number of benzene rings is 2. The van der Waals surface area contributed by atoms with E-state index in [9.17, 15) is 4.79 Å². The van der Waals surface area contributed by atoms with Crippen LogP contribution in [-0.2, 0) is 6.54 Å². The van der Waals surface area contributed by atoms with Crippen molar-refractivity contribution in [2.75, 3.05) is 0 Å². The molecule has 0 saturated carbocycles. The molecule has 0 bridgehead atoms. The van der Waals surface area contributed by atoms with E-state index < -0.39 is 0 Å². The quantitative estimate of drug-likeness (QED) is 0.332. The zero-order valence-electron chi connectivity index (χ0n) is 12.3. The number of aryl methyl sites for hydroxylation is 1. The number of hydrogen-bond acceptors (Lipinski definition) is 2. The van der Waals surface area contributed by atoms with Gasteiger partial charge in [-0.2, -0.15) is 0 Å². The molecule has 0 aliphatic heterocycles. The van der Waals surface area contributed by atoms with Crippen molar-refractivity contribution in [1.82, 2.24) is 9.55 Å². The summed E-state index contributed by atoms with van der Waals surface area (Å²) < 4.78 is 3.31. The van der Waals surface area contributed by atoms with Crippen molar-refractivity contribution in [3.63, 3.8) is 0 Å². The van der Waals surface area contributed by atoms with E-state index in [1.54, 1.807) is 6.07 Å². The highest BCUT2D eigenvalue weighted by Gasteiger charge is 2.13. The highest BCUT2D eigenvalue weighted by Crippen LogP contribution is 2.34. The van der Waals surface area contributed by atoms with Gasteiger partial charge >= 0.3 is 0 Å². The van der Waals surface area contributed by atoms with E-state index in [-0.39, 0.29) is 5.15 Å². The molecule has 5 heteroatoms. The molecule has 0 spiro atoms. The Balaban J connectivity index is 2.21. The van der Waals surface area contributed by atoms with Crippen LogP contribution in [0.3, 0.4) is 0 Å². The number of carbonyl (C=O) groups is 1. The maximum atomic E-state index is 11.1. The monoisotopic (exact) mass is 386 g/mol. The predicted octanol–water partition coefficient (Wildman–Crippen LogP) is 5.59. The maximum absolute atomic E-state index is 11.1. The van der Waals surface area contributed by atoms with Crippen molar-refractivity contribution < 1.29 is 4.79 Å². The largest absolute Gasteiger partial charge is 0.341 e. The van der Waals surface area contributed by atoms with Gasteiger partial charge in [0.05, 0.1) is 11.1 Å². The van der Waals surface area contributed by atoms with Gasteiger partial charge in [0.25, 0.3) is 0 Å². The number of hydrogen-bond donors (Lipinski definition) is 0. The summed E-state index contributed by atoms with van der Waals surface area (Å²) in [5.74, 6) is 0. The van der Waals surface area contributed by atoms with Crippen LogP contribution in [-0.4, -0.2) is 15.8 Å². The first kappa shape index (κ1) is 14.7. The number of fused-ring (bicyclic) bond motifs is 4. The number of nitrogens with zero attached hydrogens (tertiary/aromatic N) is 2. The predicted molar refractivity (Wildman–Crippen MR) is 98.5 cm³/mol. The fourth-order valence-electron chi connectivity index (χ4n) is 3.15. The topological polar surface area (TPSA) is 34.9 Å². The minimum Gasteiger partial charge on any atom is -0.341 e. The van der Waals surface area contributed by atoms with E-state index >= 15 is 0 Å². The van der Waals surface area contributed by atoms with E-state index in [0.717, 1.165) is 39.1 Å². The first-order chi connectivity index (χ1) is 11.1. The van der Waals surface area contributed by atoms with Crippen LogP contribution in [0.5, 0.6) is 0 Å². The van der Waals surface area contributed by atoms with Crippen LogP contribution in [0.25, 0.3) is 32.7 Å².